The zero-order valence-corrected chi connectivity index (χ0v) is 13.4. The number of primary amides is 1. The van der Waals surface area contributed by atoms with Crippen molar-refractivity contribution >= 4 is 17.8 Å². The minimum atomic E-state index is -1.36. The Labute approximate surface area is 140 Å². The molecule has 1 aromatic rings. The predicted octanol–water partition coefficient (Wildman–Crippen LogP) is 0.154. The highest BCUT2D eigenvalue weighted by Gasteiger charge is 2.25. The Hall–Kier alpha value is -2.61. The third-order valence-electron chi connectivity index (χ3n) is 3.84. The smallest absolute Gasteiger partial charge is 0.410 e. The Kier molecular flexibility index (Phi) is 6.14. The lowest BCUT2D eigenvalue weighted by molar-refractivity contribution is -0.125. The van der Waals surface area contributed by atoms with E-state index in [2.05, 4.69) is 0 Å². The summed E-state index contributed by atoms with van der Waals surface area (Å²) in [6.07, 6.45) is -1.86. The molecule has 1 aromatic carbocycles. The fourth-order valence-electron chi connectivity index (χ4n) is 2.38. The van der Waals surface area contributed by atoms with Crippen LogP contribution in [0.4, 0.5) is 4.79 Å². The first-order valence-electron chi connectivity index (χ1n) is 7.72. The number of piperazine rings is 1. The number of amides is 2. The minimum Gasteiger partial charge on any atom is -0.445 e. The fourth-order valence-corrected chi connectivity index (χ4v) is 2.38. The van der Waals surface area contributed by atoms with Crippen molar-refractivity contribution in [3.8, 4) is 0 Å². The molecule has 1 unspecified atom stereocenters. The van der Waals surface area contributed by atoms with Crippen LogP contribution in [0.5, 0.6) is 0 Å². The molecule has 0 aromatic heterocycles. The number of aliphatic hydroxyl groups is 1. The average molecular weight is 334 g/mol. The fraction of sp³-hybridized carbons (Fsp3) is 0.438. The van der Waals surface area contributed by atoms with Gasteiger partial charge in [0.25, 0.3) is 0 Å². The first-order valence-corrected chi connectivity index (χ1v) is 7.72. The maximum Gasteiger partial charge on any atom is 0.410 e. The highest BCUT2D eigenvalue weighted by Crippen LogP contribution is 2.09. The SMILES string of the molecule is N=C(CC(O)C(N)=O)N1CCN(C(=O)OCc2ccccc2)CC1. The van der Waals surface area contributed by atoms with Crippen molar-refractivity contribution < 1.29 is 19.4 Å². The number of amidine groups is 1. The van der Waals surface area contributed by atoms with Crippen LogP contribution in [-0.2, 0) is 16.1 Å². The molecule has 0 bridgehead atoms. The summed E-state index contributed by atoms with van der Waals surface area (Å²) in [4.78, 5) is 26.2. The molecule has 130 valence electrons. The number of aliphatic hydroxyl groups excluding tert-OH is 1. The number of nitrogens with one attached hydrogen (secondary N) is 1. The van der Waals surface area contributed by atoms with E-state index in [1.807, 2.05) is 30.3 Å². The minimum absolute atomic E-state index is 0.117. The van der Waals surface area contributed by atoms with Gasteiger partial charge < -0.3 is 25.4 Å². The van der Waals surface area contributed by atoms with Crippen LogP contribution >= 0.6 is 0 Å². The van der Waals surface area contributed by atoms with Gasteiger partial charge in [0.15, 0.2) is 0 Å². The number of benzene rings is 1. The van der Waals surface area contributed by atoms with Crippen LogP contribution < -0.4 is 5.73 Å². The lowest BCUT2D eigenvalue weighted by Crippen LogP contribution is -2.51. The molecule has 1 saturated heterocycles. The van der Waals surface area contributed by atoms with E-state index in [-0.39, 0.29) is 25.0 Å². The molecule has 1 atom stereocenters. The zero-order valence-electron chi connectivity index (χ0n) is 13.4. The standard InChI is InChI=1S/C16H22N4O4/c17-14(10-13(21)15(18)22)19-6-8-20(9-7-19)16(23)24-11-12-4-2-1-3-5-12/h1-5,13,17,21H,6-11H2,(H2,18,22). The molecule has 2 rings (SSSR count). The van der Waals surface area contributed by atoms with E-state index >= 15 is 0 Å². The second kappa shape index (κ2) is 8.30. The summed E-state index contributed by atoms with van der Waals surface area (Å²) >= 11 is 0. The summed E-state index contributed by atoms with van der Waals surface area (Å²) in [6, 6.07) is 9.43. The molecule has 0 radical (unpaired) electrons. The molecular formula is C16H22N4O4. The molecular weight excluding hydrogens is 312 g/mol. The Morgan fingerprint density at radius 3 is 2.33 bits per heavy atom. The number of hydrogen-bond donors (Lipinski definition) is 3. The molecule has 1 aliphatic rings. The van der Waals surface area contributed by atoms with Crippen LogP contribution in [0.2, 0.25) is 0 Å². The molecule has 8 nitrogen and oxygen atoms in total. The molecule has 24 heavy (non-hydrogen) atoms. The molecule has 0 spiro atoms. The number of nitrogens with two attached hydrogens (primary N) is 1. The van der Waals surface area contributed by atoms with Crippen molar-refractivity contribution in [2.45, 2.75) is 19.1 Å². The monoisotopic (exact) mass is 334 g/mol. The van der Waals surface area contributed by atoms with Crippen molar-refractivity contribution in [1.82, 2.24) is 9.80 Å². The van der Waals surface area contributed by atoms with Crippen LogP contribution in [0.15, 0.2) is 30.3 Å². The molecule has 2 amide bonds. The van der Waals surface area contributed by atoms with Gasteiger partial charge in [0.1, 0.15) is 12.7 Å². The highest BCUT2D eigenvalue weighted by molar-refractivity contribution is 5.87. The van der Waals surface area contributed by atoms with Crippen LogP contribution in [0.1, 0.15) is 12.0 Å². The molecule has 4 N–H and O–H groups in total. The normalized spacial score (nSPS) is 15.7. The van der Waals surface area contributed by atoms with E-state index in [0.29, 0.717) is 26.2 Å². The summed E-state index contributed by atoms with van der Waals surface area (Å²) < 4.78 is 5.27. The number of carbonyl (C=O) groups excluding carboxylic acids is 2. The molecule has 1 aliphatic heterocycles. The van der Waals surface area contributed by atoms with E-state index in [0.717, 1.165) is 5.56 Å². The van der Waals surface area contributed by atoms with Gasteiger partial charge in [0.05, 0.1) is 5.84 Å². The van der Waals surface area contributed by atoms with Gasteiger partial charge >= 0.3 is 6.09 Å². The van der Waals surface area contributed by atoms with Gasteiger partial charge in [-0.25, -0.2) is 4.79 Å². The van der Waals surface area contributed by atoms with Crippen LogP contribution in [-0.4, -0.2) is 65.0 Å². The number of nitrogens with zero attached hydrogens (tertiary/aromatic N) is 2. The number of carbonyl (C=O) groups is 2. The molecule has 1 heterocycles. The third kappa shape index (κ3) is 4.95. The van der Waals surface area contributed by atoms with Gasteiger partial charge in [-0.2, -0.15) is 0 Å². The zero-order chi connectivity index (χ0) is 17.5. The van der Waals surface area contributed by atoms with Crippen molar-refractivity contribution in [3.05, 3.63) is 35.9 Å². The second-order valence-electron chi connectivity index (χ2n) is 5.58. The first-order chi connectivity index (χ1) is 11.5. The van der Waals surface area contributed by atoms with Crippen molar-refractivity contribution in [1.29, 1.82) is 5.41 Å². The maximum atomic E-state index is 12.0. The number of hydrogen-bond acceptors (Lipinski definition) is 5. The number of ether oxygens (including phenoxy) is 1. The lowest BCUT2D eigenvalue weighted by atomic mass is 10.2. The van der Waals surface area contributed by atoms with E-state index in [1.54, 1.807) is 9.80 Å². The largest absolute Gasteiger partial charge is 0.445 e. The topological polar surface area (TPSA) is 120 Å². The van der Waals surface area contributed by atoms with Gasteiger partial charge in [-0.1, -0.05) is 30.3 Å². The molecule has 8 heteroatoms. The summed E-state index contributed by atoms with van der Waals surface area (Å²) in [6.45, 7) is 1.96. The Morgan fingerprint density at radius 2 is 1.75 bits per heavy atom. The third-order valence-corrected chi connectivity index (χ3v) is 3.84. The van der Waals surface area contributed by atoms with Gasteiger partial charge in [-0.15, -0.1) is 0 Å². The van der Waals surface area contributed by atoms with E-state index < -0.39 is 12.0 Å². The van der Waals surface area contributed by atoms with Crippen molar-refractivity contribution in [3.63, 3.8) is 0 Å². The van der Waals surface area contributed by atoms with E-state index in [1.165, 1.54) is 0 Å². The van der Waals surface area contributed by atoms with Gasteiger partial charge in [-0.05, 0) is 5.56 Å². The maximum absolute atomic E-state index is 12.0. The summed E-state index contributed by atoms with van der Waals surface area (Å²) in [5.74, 6) is -0.707. The molecule has 1 fully saturated rings. The van der Waals surface area contributed by atoms with Crippen LogP contribution in [0.25, 0.3) is 0 Å². The lowest BCUT2D eigenvalue weighted by Gasteiger charge is -2.35. The van der Waals surface area contributed by atoms with Gasteiger partial charge in [0, 0.05) is 32.6 Å². The molecule has 0 saturated carbocycles. The van der Waals surface area contributed by atoms with Crippen molar-refractivity contribution in [2.24, 2.45) is 5.73 Å². The van der Waals surface area contributed by atoms with Crippen LogP contribution in [0, 0.1) is 5.41 Å². The Bertz CT molecular complexity index is 585. The predicted molar refractivity (Wildman–Crippen MR) is 87.3 cm³/mol. The first kappa shape index (κ1) is 17.7. The van der Waals surface area contributed by atoms with Gasteiger partial charge in [0.2, 0.25) is 5.91 Å². The second-order valence-corrected chi connectivity index (χ2v) is 5.58. The molecule has 0 aliphatic carbocycles. The summed E-state index contributed by atoms with van der Waals surface area (Å²) in [7, 11) is 0. The van der Waals surface area contributed by atoms with E-state index in [4.69, 9.17) is 15.9 Å². The Morgan fingerprint density at radius 1 is 1.17 bits per heavy atom. The summed E-state index contributed by atoms with van der Waals surface area (Å²) in [5.41, 5.74) is 5.91. The highest BCUT2D eigenvalue weighted by atomic mass is 16.6. The van der Waals surface area contributed by atoms with E-state index in [9.17, 15) is 14.7 Å². The Balaban J connectivity index is 1.74. The van der Waals surface area contributed by atoms with Gasteiger partial charge in [-0.3, -0.25) is 10.2 Å². The van der Waals surface area contributed by atoms with Crippen LogP contribution in [0.3, 0.4) is 0 Å². The summed E-state index contributed by atoms with van der Waals surface area (Å²) in [5, 5.41) is 17.3. The number of rotatable bonds is 5. The quantitative estimate of drug-likeness (QED) is 0.523. The van der Waals surface area contributed by atoms with Crippen molar-refractivity contribution in [2.75, 3.05) is 26.2 Å². The average Bonchev–Trinajstić information content (AvgIpc) is 2.60.